The lowest BCUT2D eigenvalue weighted by atomic mass is 10.3. The lowest BCUT2D eigenvalue weighted by molar-refractivity contribution is 0.306. The van der Waals surface area contributed by atoms with Gasteiger partial charge in [-0.2, -0.15) is 0 Å². The van der Waals surface area contributed by atoms with Crippen LogP contribution in [0.15, 0.2) is 37.1 Å². The van der Waals surface area contributed by atoms with Crippen molar-refractivity contribution in [2.24, 2.45) is 0 Å². The molecule has 0 aromatic rings. The summed E-state index contributed by atoms with van der Waals surface area (Å²) in [5, 5.41) is 0. The van der Waals surface area contributed by atoms with Crippen LogP contribution < -0.4 is 0 Å². The van der Waals surface area contributed by atoms with Gasteiger partial charge in [0.25, 0.3) is 0 Å². The molecule has 0 saturated carbocycles. The van der Waals surface area contributed by atoms with Gasteiger partial charge in [-0.15, -0.1) is 6.58 Å². The van der Waals surface area contributed by atoms with Crippen molar-refractivity contribution in [1.29, 1.82) is 0 Å². The molecular weight excluding hydrogens is 112 g/mol. The zero-order valence-electron chi connectivity index (χ0n) is 5.76. The molecule has 0 radical (unpaired) electrons. The Morgan fingerprint density at radius 1 is 1.56 bits per heavy atom. The normalized spacial score (nSPS) is 10.6. The molecule has 0 saturated heterocycles. The second kappa shape index (κ2) is 5.16. The van der Waals surface area contributed by atoms with Gasteiger partial charge in [-0.3, -0.25) is 0 Å². The maximum Gasteiger partial charge on any atom is 0.114 e. The highest BCUT2D eigenvalue weighted by Crippen LogP contribution is 1.97. The predicted octanol–water partition coefficient (Wildman–Crippen LogP) is 2.28. The lowest BCUT2D eigenvalue weighted by Crippen LogP contribution is -1.78. The summed E-state index contributed by atoms with van der Waals surface area (Å²) in [5.74, 6) is 0.801. The number of methoxy groups -OCH3 is 1. The van der Waals surface area contributed by atoms with Crippen molar-refractivity contribution < 1.29 is 4.74 Å². The molecule has 1 nitrogen and oxygen atoms in total. The Labute approximate surface area is 56.3 Å². The van der Waals surface area contributed by atoms with Crippen molar-refractivity contribution in [3.05, 3.63) is 37.1 Å². The van der Waals surface area contributed by atoms with Crippen molar-refractivity contribution in [3.63, 3.8) is 0 Å². The SMILES string of the molecule is C=CCC=C(C=C)OC. The Morgan fingerprint density at radius 3 is 2.56 bits per heavy atom. The van der Waals surface area contributed by atoms with Crippen molar-refractivity contribution in [1.82, 2.24) is 0 Å². The molecule has 0 N–H and O–H groups in total. The molecule has 0 spiro atoms. The first-order valence-corrected chi connectivity index (χ1v) is 2.82. The molecule has 0 aliphatic rings. The van der Waals surface area contributed by atoms with Gasteiger partial charge in [0, 0.05) is 0 Å². The number of ether oxygens (including phenoxy) is 1. The van der Waals surface area contributed by atoms with Gasteiger partial charge in [0.15, 0.2) is 0 Å². The quantitative estimate of drug-likeness (QED) is 0.317. The van der Waals surface area contributed by atoms with Crippen molar-refractivity contribution >= 4 is 0 Å². The maximum atomic E-state index is 4.90. The van der Waals surface area contributed by atoms with E-state index < -0.39 is 0 Å². The van der Waals surface area contributed by atoms with Crippen LogP contribution in [0.2, 0.25) is 0 Å². The van der Waals surface area contributed by atoms with E-state index in [2.05, 4.69) is 13.2 Å². The zero-order valence-corrected chi connectivity index (χ0v) is 5.76. The van der Waals surface area contributed by atoms with E-state index in [4.69, 9.17) is 4.74 Å². The molecule has 50 valence electrons. The summed E-state index contributed by atoms with van der Waals surface area (Å²) in [5.41, 5.74) is 0. The third-order valence-corrected chi connectivity index (χ3v) is 0.923. The van der Waals surface area contributed by atoms with Gasteiger partial charge in [-0.25, -0.2) is 0 Å². The van der Waals surface area contributed by atoms with E-state index in [1.807, 2.05) is 12.2 Å². The van der Waals surface area contributed by atoms with E-state index in [-0.39, 0.29) is 0 Å². The molecule has 0 heterocycles. The molecule has 0 fully saturated rings. The van der Waals surface area contributed by atoms with Crippen LogP contribution in [0.25, 0.3) is 0 Å². The Balaban J connectivity index is 3.74. The highest BCUT2D eigenvalue weighted by molar-refractivity contribution is 5.09. The minimum absolute atomic E-state index is 0.801. The van der Waals surface area contributed by atoms with Gasteiger partial charge in [-0.1, -0.05) is 12.7 Å². The molecular formula is C8H12O. The van der Waals surface area contributed by atoms with Crippen LogP contribution >= 0.6 is 0 Å². The minimum atomic E-state index is 0.801. The number of rotatable bonds is 4. The fraction of sp³-hybridized carbons (Fsp3) is 0.250. The average Bonchev–Trinajstić information content (AvgIpc) is 1.91. The predicted molar refractivity (Wildman–Crippen MR) is 40.1 cm³/mol. The van der Waals surface area contributed by atoms with Gasteiger partial charge >= 0.3 is 0 Å². The molecule has 0 amide bonds. The van der Waals surface area contributed by atoms with Gasteiger partial charge in [0.1, 0.15) is 5.76 Å². The second-order valence-electron chi connectivity index (χ2n) is 1.54. The summed E-state index contributed by atoms with van der Waals surface area (Å²) in [6, 6.07) is 0. The third-order valence-electron chi connectivity index (χ3n) is 0.923. The van der Waals surface area contributed by atoms with Crippen LogP contribution in [0.3, 0.4) is 0 Å². The van der Waals surface area contributed by atoms with Crippen molar-refractivity contribution in [3.8, 4) is 0 Å². The zero-order chi connectivity index (χ0) is 7.11. The first-order chi connectivity index (χ1) is 4.35. The Morgan fingerprint density at radius 2 is 2.22 bits per heavy atom. The smallest absolute Gasteiger partial charge is 0.114 e. The molecule has 0 aromatic heterocycles. The topological polar surface area (TPSA) is 9.23 Å². The first-order valence-electron chi connectivity index (χ1n) is 2.82. The summed E-state index contributed by atoms with van der Waals surface area (Å²) >= 11 is 0. The van der Waals surface area contributed by atoms with Crippen LogP contribution in [0.4, 0.5) is 0 Å². The van der Waals surface area contributed by atoms with E-state index >= 15 is 0 Å². The highest BCUT2D eigenvalue weighted by Gasteiger charge is 1.82. The molecule has 0 unspecified atom stereocenters. The Bertz CT molecular complexity index is 123. The average molecular weight is 124 g/mol. The Hall–Kier alpha value is -0.980. The molecule has 1 heteroatoms. The number of hydrogen-bond donors (Lipinski definition) is 0. The van der Waals surface area contributed by atoms with Crippen molar-refractivity contribution in [2.75, 3.05) is 7.11 Å². The minimum Gasteiger partial charge on any atom is -0.497 e. The fourth-order valence-electron chi connectivity index (χ4n) is 0.449. The summed E-state index contributed by atoms with van der Waals surface area (Å²) in [4.78, 5) is 0. The van der Waals surface area contributed by atoms with Gasteiger partial charge in [0.05, 0.1) is 7.11 Å². The lowest BCUT2D eigenvalue weighted by Gasteiger charge is -1.95. The molecule has 0 bridgehead atoms. The summed E-state index contributed by atoms with van der Waals surface area (Å²) in [6.45, 7) is 7.12. The molecule has 0 rings (SSSR count). The van der Waals surface area contributed by atoms with Crippen LogP contribution in [0, 0.1) is 0 Å². The van der Waals surface area contributed by atoms with Crippen LogP contribution in [0.1, 0.15) is 6.42 Å². The summed E-state index contributed by atoms with van der Waals surface area (Å²) in [7, 11) is 1.62. The molecule has 0 atom stereocenters. The monoisotopic (exact) mass is 124 g/mol. The third kappa shape index (κ3) is 3.59. The van der Waals surface area contributed by atoms with E-state index in [0.29, 0.717) is 0 Å². The van der Waals surface area contributed by atoms with Gasteiger partial charge in [0.2, 0.25) is 0 Å². The van der Waals surface area contributed by atoms with E-state index in [1.54, 1.807) is 13.2 Å². The van der Waals surface area contributed by atoms with E-state index in [9.17, 15) is 0 Å². The molecule has 0 aliphatic heterocycles. The molecule has 9 heavy (non-hydrogen) atoms. The van der Waals surface area contributed by atoms with Crippen LogP contribution in [0.5, 0.6) is 0 Å². The number of hydrogen-bond acceptors (Lipinski definition) is 1. The first kappa shape index (κ1) is 8.02. The standard InChI is InChI=1S/C8H12O/c1-4-6-7-8(5-2)9-3/h4-5,7H,1-2,6H2,3H3. The molecule has 0 aromatic carbocycles. The van der Waals surface area contributed by atoms with Crippen molar-refractivity contribution in [2.45, 2.75) is 6.42 Å². The highest BCUT2D eigenvalue weighted by atomic mass is 16.5. The second-order valence-corrected chi connectivity index (χ2v) is 1.54. The fourth-order valence-corrected chi connectivity index (χ4v) is 0.449. The van der Waals surface area contributed by atoms with E-state index in [1.165, 1.54) is 0 Å². The maximum absolute atomic E-state index is 4.90. The van der Waals surface area contributed by atoms with E-state index in [0.717, 1.165) is 12.2 Å². The van der Waals surface area contributed by atoms with Crippen LogP contribution in [-0.4, -0.2) is 7.11 Å². The summed E-state index contributed by atoms with van der Waals surface area (Å²) in [6.07, 6.45) is 6.22. The van der Waals surface area contributed by atoms with Gasteiger partial charge in [-0.05, 0) is 18.6 Å². The molecule has 0 aliphatic carbocycles. The Kier molecular flexibility index (Phi) is 4.60. The van der Waals surface area contributed by atoms with Crippen LogP contribution in [-0.2, 0) is 4.74 Å². The number of allylic oxidation sites excluding steroid dienone is 3. The largest absolute Gasteiger partial charge is 0.497 e. The van der Waals surface area contributed by atoms with Gasteiger partial charge < -0.3 is 4.74 Å². The summed E-state index contributed by atoms with van der Waals surface area (Å²) < 4.78 is 4.90.